The average Bonchev–Trinajstić information content (AvgIpc) is 2.71. The third kappa shape index (κ3) is 2.15. The van der Waals surface area contributed by atoms with Crippen LogP contribution in [0.15, 0.2) is 76.7 Å². The van der Waals surface area contributed by atoms with E-state index < -0.39 is 0 Å². The molecule has 1 aromatic carbocycles. The highest BCUT2D eigenvalue weighted by molar-refractivity contribution is 8.03. The van der Waals surface area contributed by atoms with E-state index in [2.05, 4.69) is 85.4 Å². The number of aromatic nitrogens is 1. The number of aryl methyl sites for hydroxylation is 2. The lowest BCUT2D eigenvalue weighted by molar-refractivity contribution is -0.662. The molecule has 0 N–H and O–H groups in total. The van der Waals surface area contributed by atoms with Crippen LogP contribution in [-0.2, 0) is 7.05 Å². The average molecular weight is 304 g/mol. The third-order valence-corrected chi connectivity index (χ3v) is 5.46. The van der Waals surface area contributed by atoms with E-state index in [1.165, 1.54) is 32.2 Å². The summed E-state index contributed by atoms with van der Waals surface area (Å²) in [6.07, 6.45) is 13.3. The van der Waals surface area contributed by atoms with Gasteiger partial charge in [-0.1, -0.05) is 54.3 Å². The highest BCUT2D eigenvalue weighted by Crippen LogP contribution is 2.46. The number of hydrogen-bond donors (Lipinski definition) is 0. The van der Waals surface area contributed by atoms with Crippen LogP contribution in [0.2, 0.25) is 0 Å². The molecule has 0 saturated carbocycles. The Hall–Kier alpha value is -2.06. The predicted molar refractivity (Wildman–Crippen MR) is 92.8 cm³/mol. The largest absolute Gasteiger partial charge is 0.226 e. The smallest absolute Gasteiger partial charge is 0.200 e. The summed E-state index contributed by atoms with van der Waals surface area (Å²) in [6, 6.07) is 10.9. The molecule has 1 atom stereocenters. The maximum atomic E-state index is 2.36. The second-order valence-electron chi connectivity index (χ2n) is 5.82. The van der Waals surface area contributed by atoms with E-state index in [0.29, 0.717) is 5.92 Å². The first-order chi connectivity index (χ1) is 10.7. The van der Waals surface area contributed by atoms with Crippen LogP contribution < -0.4 is 4.57 Å². The lowest BCUT2D eigenvalue weighted by Crippen LogP contribution is -2.32. The number of fused-ring (bicyclic) bond motifs is 3. The Bertz CT molecular complexity index is 843. The molecule has 1 aliphatic carbocycles. The maximum absolute atomic E-state index is 2.36. The third-order valence-electron chi connectivity index (χ3n) is 4.32. The van der Waals surface area contributed by atoms with Gasteiger partial charge >= 0.3 is 0 Å². The van der Waals surface area contributed by atoms with Crippen LogP contribution in [0.25, 0.3) is 11.3 Å². The molecule has 4 rings (SSSR count). The van der Waals surface area contributed by atoms with Crippen molar-refractivity contribution in [2.75, 3.05) is 0 Å². The first kappa shape index (κ1) is 13.6. The summed E-state index contributed by atoms with van der Waals surface area (Å²) in [5.74, 6) is 0.380. The molecule has 1 aromatic heterocycles. The van der Waals surface area contributed by atoms with Gasteiger partial charge in [0.1, 0.15) is 7.05 Å². The molecule has 1 unspecified atom stereocenters. The number of pyridine rings is 1. The fourth-order valence-electron chi connectivity index (χ4n) is 3.16. The zero-order valence-corrected chi connectivity index (χ0v) is 13.6. The molecule has 0 radical (unpaired) electrons. The zero-order valence-electron chi connectivity index (χ0n) is 12.8. The van der Waals surface area contributed by atoms with Crippen molar-refractivity contribution in [1.29, 1.82) is 0 Å². The van der Waals surface area contributed by atoms with E-state index in [9.17, 15) is 0 Å². The standard InChI is InChI=1S/C20H18NS/c1-14-7-3-6-10-17(14)19-20-18(11-12-21(19)2)15-8-4-5-9-16(13-15)22-20/h3-13,15H,1-2H3/q+1. The van der Waals surface area contributed by atoms with Gasteiger partial charge in [0.15, 0.2) is 6.20 Å². The number of hydrogen-bond acceptors (Lipinski definition) is 1. The number of rotatable bonds is 1. The Morgan fingerprint density at radius 1 is 1.09 bits per heavy atom. The molecule has 2 bridgehead atoms. The second-order valence-corrected chi connectivity index (χ2v) is 6.90. The van der Waals surface area contributed by atoms with Crippen molar-refractivity contribution in [3.63, 3.8) is 0 Å². The molecule has 2 aliphatic rings. The molecule has 1 aliphatic heterocycles. The lowest BCUT2D eigenvalue weighted by Gasteiger charge is -2.21. The molecule has 0 fully saturated rings. The first-order valence-electron chi connectivity index (χ1n) is 7.57. The highest BCUT2D eigenvalue weighted by Gasteiger charge is 2.28. The maximum Gasteiger partial charge on any atom is 0.226 e. The number of allylic oxidation sites excluding steroid dienone is 5. The molecular formula is C20H18NS+. The Kier molecular flexibility index (Phi) is 3.27. The minimum Gasteiger partial charge on any atom is -0.200 e. The summed E-state index contributed by atoms with van der Waals surface area (Å²) in [4.78, 5) is 2.72. The van der Waals surface area contributed by atoms with Crippen LogP contribution in [0.4, 0.5) is 0 Å². The molecule has 2 aromatic rings. The summed E-state index contributed by atoms with van der Waals surface area (Å²) in [6.45, 7) is 2.19. The number of nitrogens with zero attached hydrogens (tertiary/aromatic N) is 1. The Balaban J connectivity index is 1.98. The summed E-state index contributed by atoms with van der Waals surface area (Å²) in [5.41, 5.74) is 5.37. The molecule has 2 heterocycles. The SMILES string of the molecule is Cc1ccccc1-c1c2c(cc[n+]1C)C1C=CC=CC(=C1)S2. The highest BCUT2D eigenvalue weighted by atomic mass is 32.2. The van der Waals surface area contributed by atoms with Gasteiger partial charge in [-0.2, -0.15) is 0 Å². The summed E-state index contributed by atoms with van der Waals surface area (Å²) in [5, 5.41) is 0. The van der Waals surface area contributed by atoms with Crippen molar-refractivity contribution in [3.8, 4) is 11.3 Å². The van der Waals surface area contributed by atoms with Crippen LogP contribution >= 0.6 is 11.8 Å². The quantitative estimate of drug-likeness (QED) is 0.692. The monoisotopic (exact) mass is 304 g/mol. The molecule has 108 valence electrons. The van der Waals surface area contributed by atoms with Gasteiger partial charge < -0.3 is 0 Å². The fraction of sp³-hybridized carbons (Fsp3) is 0.150. The number of benzene rings is 1. The Morgan fingerprint density at radius 3 is 2.82 bits per heavy atom. The predicted octanol–water partition coefficient (Wildman–Crippen LogP) is 4.69. The molecule has 0 spiro atoms. The normalized spacial score (nSPS) is 18.6. The van der Waals surface area contributed by atoms with E-state index in [-0.39, 0.29) is 0 Å². The molecule has 0 saturated heterocycles. The summed E-state index contributed by atoms with van der Waals surface area (Å²) < 4.78 is 2.25. The Labute approximate surface area is 135 Å². The number of thioether (sulfide) groups is 1. The topological polar surface area (TPSA) is 3.88 Å². The zero-order chi connectivity index (χ0) is 15.1. The van der Waals surface area contributed by atoms with Gasteiger partial charge in [0, 0.05) is 16.9 Å². The minimum absolute atomic E-state index is 0.380. The van der Waals surface area contributed by atoms with Gasteiger partial charge in [-0.05, 0) is 30.2 Å². The van der Waals surface area contributed by atoms with E-state index in [1.807, 2.05) is 11.8 Å². The molecule has 2 heteroatoms. The summed E-state index contributed by atoms with van der Waals surface area (Å²) >= 11 is 1.88. The van der Waals surface area contributed by atoms with Crippen LogP contribution in [-0.4, -0.2) is 0 Å². The van der Waals surface area contributed by atoms with Crippen LogP contribution in [0.3, 0.4) is 0 Å². The van der Waals surface area contributed by atoms with Crippen molar-refractivity contribution < 1.29 is 4.57 Å². The molecule has 22 heavy (non-hydrogen) atoms. The van der Waals surface area contributed by atoms with Crippen molar-refractivity contribution in [2.24, 2.45) is 7.05 Å². The Morgan fingerprint density at radius 2 is 1.95 bits per heavy atom. The van der Waals surface area contributed by atoms with E-state index in [4.69, 9.17) is 0 Å². The van der Waals surface area contributed by atoms with Gasteiger partial charge in [0.2, 0.25) is 5.69 Å². The van der Waals surface area contributed by atoms with Crippen LogP contribution in [0, 0.1) is 6.92 Å². The van der Waals surface area contributed by atoms with E-state index in [0.717, 1.165) is 0 Å². The van der Waals surface area contributed by atoms with Crippen molar-refractivity contribution in [3.05, 3.63) is 82.9 Å². The minimum atomic E-state index is 0.380. The molecule has 1 nitrogen and oxygen atoms in total. The van der Waals surface area contributed by atoms with Gasteiger partial charge in [0.05, 0.1) is 10.5 Å². The lowest BCUT2D eigenvalue weighted by atomic mass is 9.95. The van der Waals surface area contributed by atoms with E-state index in [1.54, 1.807) is 0 Å². The van der Waals surface area contributed by atoms with Gasteiger partial charge in [-0.25, -0.2) is 4.57 Å². The fourth-order valence-corrected chi connectivity index (χ4v) is 4.43. The van der Waals surface area contributed by atoms with Crippen LogP contribution in [0.5, 0.6) is 0 Å². The molecular weight excluding hydrogens is 286 g/mol. The molecule has 0 amide bonds. The summed E-state index contributed by atoms with van der Waals surface area (Å²) in [7, 11) is 2.14. The van der Waals surface area contributed by atoms with E-state index >= 15 is 0 Å². The van der Waals surface area contributed by atoms with Crippen LogP contribution in [0.1, 0.15) is 17.0 Å². The van der Waals surface area contributed by atoms with Gasteiger partial charge in [-0.15, -0.1) is 0 Å². The van der Waals surface area contributed by atoms with Crippen molar-refractivity contribution in [2.45, 2.75) is 17.7 Å². The van der Waals surface area contributed by atoms with Crippen molar-refractivity contribution >= 4 is 11.8 Å². The van der Waals surface area contributed by atoms with Gasteiger partial charge in [-0.3, -0.25) is 0 Å². The van der Waals surface area contributed by atoms with Crippen molar-refractivity contribution in [1.82, 2.24) is 0 Å². The van der Waals surface area contributed by atoms with Gasteiger partial charge in [0.25, 0.3) is 0 Å². The second kappa shape index (κ2) is 5.29. The first-order valence-corrected chi connectivity index (χ1v) is 8.39.